The zero-order valence-corrected chi connectivity index (χ0v) is 17.6. The molecule has 1 saturated heterocycles. The minimum atomic E-state index is 0.731. The highest BCUT2D eigenvalue weighted by Crippen LogP contribution is 2.19. The van der Waals surface area contributed by atoms with E-state index in [0.29, 0.717) is 0 Å². The van der Waals surface area contributed by atoms with Gasteiger partial charge in [-0.25, -0.2) is 4.98 Å². The molecule has 2 heterocycles. The van der Waals surface area contributed by atoms with E-state index < -0.39 is 0 Å². The van der Waals surface area contributed by atoms with Crippen LogP contribution in [0, 0.1) is 5.92 Å². The number of nitrogens with zero attached hydrogens (tertiary/aromatic N) is 3. The maximum Gasteiger partial charge on any atom is 0.121 e. The number of nitrogens with one attached hydrogen (secondary N) is 1. The Morgan fingerprint density at radius 1 is 1.17 bits per heavy atom. The van der Waals surface area contributed by atoms with Crippen LogP contribution in [-0.2, 0) is 13.0 Å². The first-order valence-corrected chi connectivity index (χ1v) is 10.7. The molecule has 0 radical (unpaired) electrons. The molecule has 1 aliphatic heterocycles. The van der Waals surface area contributed by atoms with Gasteiger partial charge in [-0.05, 0) is 68.6 Å². The van der Waals surface area contributed by atoms with E-state index in [1.807, 2.05) is 6.07 Å². The van der Waals surface area contributed by atoms with Crippen LogP contribution in [0.15, 0.2) is 48.5 Å². The van der Waals surface area contributed by atoms with Crippen molar-refractivity contribution >= 4 is 11.0 Å². The van der Waals surface area contributed by atoms with Crippen LogP contribution < -0.4 is 4.74 Å². The summed E-state index contributed by atoms with van der Waals surface area (Å²) in [5.74, 6) is 2.72. The van der Waals surface area contributed by atoms with Crippen molar-refractivity contribution in [3.63, 3.8) is 0 Å². The summed E-state index contributed by atoms with van der Waals surface area (Å²) < 4.78 is 5.25. The first-order chi connectivity index (χ1) is 14.2. The van der Waals surface area contributed by atoms with Crippen LogP contribution in [0.3, 0.4) is 0 Å². The van der Waals surface area contributed by atoms with E-state index in [-0.39, 0.29) is 0 Å². The Morgan fingerprint density at radius 2 is 2.00 bits per heavy atom. The standard InChI is InChI=1S/C24H32N4O/c1-27(18-24-25-22-7-3-4-8-23(22)26-24)16-20-6-5-14-28(17-20)15-13-19-9-11-21(29-2)12-10-19/h3-4,7-12,20H,5-6,13-18H2,1-2H3,(H,25,26)/t20-/m1/s1. The molecular weight excluding hydrogens is 360 g/mol. The number of hydrogen-bond donors (Lipinski definition) is 1. The van der Waals surface area contributed by atoms with Crippen LogP contribution in [0.4, 0.5) is 0 Å². The summed E-state index contributed by atoms with van der Waals surface area (Å²) in [6.07, 6.45) is 3.72. The molecule has 1 N–H and O–H groups in total. The Labute approximate surface area is 173 Å². The van der Waals surface area contributed by atoms with Gasteiger partial charge in [-0.15, -0.1) is 0 Å². The van der Waals surface area contributed by atoms with Gasteiger partial charge >= 0.3 is 0 Å². The molecule has 1 fully saturated rings. The highest BCUT2D eigenvalue weighted by atomic mass is 16.5. The summed E-state index contributed by atoms with van der Waals surface area (Å²) in [6.45, 7) is 5.55. The molecule has 0 bridgehead atoms. The number of aromatic amines is 1. The van der Waals surface area contributed by atoms with Crippen LogP contribution in [-0.4, -0.2) is 60.1 Å². The smallest absolute Gasteiger partial charge is 0.121 e. The highest BCUT2D eigenvalue weighted by Gasteiger charge is 2.21. The van der Waals surface area contributed by atoms with Gasteiger partial charge in [0.05, 0.1) is 24.7 Å². The third-order valence-corrected chi connectivity index (χ3v) is 5.91. The number of fused-ring (bicyclic) bond motifs is 1. The number of ether oxygens (including phenoxy) is 1. The van der Waals surface area contributed by atoms with E-state index in [1.54, 1.807) is 7.11 Å². The lowest BCUT2D eigenvalue weighted by molar-refractivity contribution is 0.141. The van der Waals surface area contributed by atoms with Crippen LogP contribution in [0.2, 0.25) is 0 Å². The number of likely N-dealkylation sites (tertiary alicyclic amines) is 1. The van der Waals surface area contributed by atoms with E-state index in [0.717, 1.165) is 54.6 Å². The maximum absolute atomic E-state index is 5.25. The summed E-state index contributed by atoms with van der Waals surface area (Å²) in [6, 6.07) is 16.7. The molecule has 29 heavy (non-hydrogen) atoms. The van der Waals surface area contributed by atoms with Crippen LogP contribution >= 0.6 is 0 Å². The fourth-order valence-electron chi connectivity index (χ4n) is 4.42. The second kappa shape index (κ2) is 9.42. The van der Waals surface area contributed by atoms with Crippen molar-refractivity contribution < 1.29 is 4.74 Å². The normalized spacial score (nSPS) is 17.8. The van der Waals surface area contributed by atoms with Gasteiger partial charge in [-0.3, -0.25) is 4.90 Å². The van der Waals surface area contributed by atoms with Crippen LogP contribution in [0.1, 0.15) is 24.2 Å². The molecule has 1 atom stereocenters. The molecule has 1 aliphatic rings. The SMILES string of the molecule is COc1ccc(CCN2CCC[C@H](CN(C)Cc3nc4ccccc4[nH]3)C2)cc1. The zero-order valence-electron chi connectivity index (χ0n) is 17.6. The summed E-state index contributed by atoms with van der Waals surface area (Å²) in [5, 5.41) is 0. The minimum absolute atomic E-state index is 0.731. The van der Waals surface area contributed by atoms with Gasteiger partial charge in [0.1, 0.15) is 11.6 Å². The third-order valence-electron chi connectivity index (χ3n) is 5.91. The number of piperidine rings is 1. The Kier molecular flexibility index (Phi) is 6.47. The predicted molar refractivity (Wildman–Crippen MR) is 118 cm³/mol. The van der Waals surface area contributed by atoms with Crippen molar-refractivity contribution in [2.75, 3.05) is 40.3 Å². The second-order valence-corrected chi connectivity index (χ2v) is 8.30. The Bertz CT molecular complexity index is 872. The monoisotopic (exact) mass is 392 g/mol. The minimum Gasteiger partial charge on any atom is -0.497 e. The van der Waals surface area contributed by atoms with Gasteiger partial charge in [-0.2, -0.15) is 0 Å². The molecule has 2 aromatic carbocycles. The molecular formula is C24H32N4O. The number of aromatic nitrogens is 2. The van der Waals surface area contributed by atoms with Crippen molar-refractivity contribution in [1.29, 1.82) is 0 Å². The second-order valence-electron chi connectivity index (χ2n) is 8.30. The highest BCUT2D eigenvalue weighted by molar-refractivity contribution is 5.74. The lowest BCUT2D eigenvalue weighted by atomic mass is 9.97. The van der Waals surface area contributed by atoms with Gasteiger partial charge < -0.3 is 14.6 Å². The molecule has 154 valence electrons. The summed E-state index contributed by atoms with van der Waals surface area (Å²) in [7, 11) is 3.93. The van der Waals surface area contributed by atoms with Crippen LogP contribution in [0.25, 0.3) is 11.0 Å². The van der Waals surface area contributed by atoms with Crippen molar-refractivity contribution in [1.82, 2.24) is 19.8 Å². The van der Waals surface area contributed by atoms with Crippen molar-refractivity contribution in [2.45, 2.75) is 25.8 Å². The molecule has 0 amide bonds. The summed E-state index contributed by atoms with van der Waals surface area (Å²) >= 11 is 0. The summed E-state index contributed by atoms with van der Waals surface area (Å²) in [5.41, 5.74) is 3.56. The first kappa shape index (κ1) is 19.9. The Morgan fingerprint density at radius 3 is 2.79 bits per heavy atom. The predicted octanol–water partition coefficient (Wildman–Crippen LogP) is 3.96. The molecule has 0 aliphatic carbocycles. The topological polar surface area (TPSA) is 44.4 Å². The quantitative estimate of drug-likeness (QED) is 0.630. The van der Waals surface area contributed by atoms with Crippen molar-refractivity contribution in [2.24, 2.45) is 5.92 Å². The zero-order chi connectivity index (χ0) is 20.1. The lowest BCUT2D eigenvalue weighted by Crippen LogP contribution is -2.40. The van der Waals surface area contributed by atoms with Gasteiger partial charge in [0, 0.05) is 19.6 Å². The van der Waals surface area contributed by atoms with Gasteiger partial charge in [0.15, 0.2) is 0 Å². The fraction of sp³-hybridized carbons (Fsp3) is 0.458. The Balaban J connectivity index is 1.25. The largest absolute Gasteiger partial charge is 0.497 e. The molecule has 0 unspecified atom stereocenters. The lowest BCUT2D eigenvalue weighted by Gasteiger charge is -2.34. The number of methoxy groups -OCH3 is 1. The molecule has 1 aromatic heterocycles. The van der Waals surface area contributed by atoms with E-state index in [1.165, 1.54) is 31.5 Å². The molecule has 5 heteroatoms. The van der Waals surface area contributed by atoms with Gasteiger partial charge in [0.25, 0.3) is 0 Å². The number of para-hydroxylation sites is 2. The molecule has 0 spiro atoms. The van der Waals surface area contributed by atoms with Crippen molar-refractivity contribution in [3.05, 3.63) is 59.9 Å². The average molecular weight is 393 g/mol. The van der Waals surface area contributed by atoms with Gasteiger partial charge in [-0.1, -0.05) is 24.3 Å². The van der Waals surface area contributed by atoms with E-state index in [9.17, 15) is 0 Å². The van der Waals surface area contributed by atoms with E-state index in [4.69, 9.17) is 9.72 Å². The van der Waals surface area contributed by atoms with Gasteiger partial charge in [0.2, 0.25) is 0 Å². The number of H-pyrrole nitrogens is 1. The number of rotatable bonds is 8. The number of imidazole rings is 1. The van der Waals surface area contributed by atoms with E-state index in [2.05, 4.69) is 64.3 Å². The fourth-order valence-corrected chi connectivity index (χ4v) is 4.42. The molecule has 5 nitrogen and oxygen atoms in total. The van der Waals surface area contributed by atoms with E-state index >= 15 is 0 Å². The Hall–Kier alpha value is -2.37. The average Bonchev–Trinajstić information content (AvgIpc) is 3.15. The van der Waals surface area contributed by atoms with Crippen LogP contribution in [0.5, 0.6) is 5.75 Å². The third kappa shape index (κ3) is 5.37. The molecule has 3 aromatic rings. The molecule has 4 rings (SSSR count). The maximum atomic E-state index is 5.25. The summed E-state index contributed by atoms with van der Waals surface area (Å²) in [4.78, 5) is 13.2. The number of benzene rings is 2. The van der Waals surface area contributed by atoms with Crippen molar-refractivity contribution in [3.8, 4) is 5.75 Å². The first-order valence-electron chi connectivity index (χ1n) is 10.7. The molecule has 0 saturated carbocycles. The number of hydrogen-bond acceptors (Lipinski definition) is 4.